The number of carbonyl (C=O) groups excluding carboxylic acids is 1. The third kappa shape index (κ3) is 5.21. The van der Waals surface area contributed by atoms with Gasteiger partial charge in [0.15, 0.2) is 0 Å². The molecule has 2 aromatic rings. The van der Waals surface area contributed by atoms with Crippen molar-refractivity contribution < 1.29 is 18.0 Å². The van der Waals surface area contributed by atoms with Crippen molar-refractivity contribution in [2.45, 2.75) is 32.1 Å². The molecule has 0 aliphatic rings. The van der Waals surface area contributed by atoms with Crippen molar-refractivity contribution in [1.82, 2.24) is 5.32 Å². The Morgan fingerprint density at radius 2 is 1.72 bits per heavy atom. The Bertz CT molecular complexity index is 733. The van der Waals surface area contributed by atoms with E-state index in [9.17, 15) is 18.0 Å². The first-order chi connectivity index (χ1) is 11.7. The summed E-state index contributed by atoms with van der Waals surface area (Å²) < 4.78 is 38.6. The van der Waals surface area contributed by atoms with Crippen LogP contribution in [0.5, 0.6) is 0 Å². The van der Waals surface area contributed by atoms with Crippen molar-refractivity contribution in [2.24, 2.45) is 0 Å². The van der Waals surface area contributed by atoms with Crippen molar-refractivity contribution in [1.29, 1.82) is 0 Å². The van der Waals surface area contributed by atoms with Gasteiger partial charge in [-0.05, 0) is 37.6 Å². The van der Waals surface area contributed by atoms with Gasteiger partial charge in [0.25, 0.3) is 0 Å². The lowest BCUT2D eigenvalue weighted by Gasteiger charge is -2.22. The van der Waals surface area contributed by atoms with Gasteiger partial charge in [0.05, 0.1) is 16.3 Å². The highest BCUT2D eigenvalue weighted by molar-refractivity contribution is 6.33. The summed E-state index contributed by atoms with van der Waals surface area (Å²) >= 11 is 5.94. The number of amides is 1. The van der Waals surface area contributed by atoms with Crippen LogP contribution in [-0.4, -0.2) is 11.9 Å². The van der Waals surface area contributed by atoms with Crippen molar-refractivity contribution >= 4 is 23.2 Å². The molecule has 3 nitrogen and oxygen atoms in total. The summed E-state index contributed by atoms with van der Waals surface area (Å²) in [5, 5.41) is 5.64. The van der Waals surface area contributed by atoms with Crippen LogP contribution in [0.25, 0.3) is 0 Å². The number of benzene rings is 2. The molecule has 0 bridgehead atoms. The second kappa shape index (κ2) is 7.89. The van der Waals surface area contributed by atoms with E-state index in [1.807, 2.05) is 19.9 Å². The van der Waals surface area contributed by atoms with Gasteiger partial charge in [-0.2, -0.15) is 13.2 Å². The Labute approximate surface area is 149 Å². The van der Waals surface area contributed by atoms with Gasteiger partial charge in [0.1, 0.15) is 6.04 Å². The number of alkyl halides is 3. The number of carbonyl (C=O) groups is 1. The molecule has 0 fully saturated rings. The number of rotatable bonds is 5. The molecule has 0 aromatic heterocycles. The van der Waals surface area contributed by atoms with Crippen LogP contribution in [-0.2, 0) is 11.0 Å². The largest absolute Gasteiger partial charge is 0.416 e. The molecule has 0 heterocycles. The number of anilines is 1. The normalized spacial score (nSPS) is 12.9. The molecule has 2 N–H and O–H groups in total. The summed E-state index contributed by atoms with van der Waals surface area (Å²) in [4.78, 5) is 12.6. The molecule has 0 aliphatic heterocycles. The van der Waals surface area contributed by atoms with Gasteiger partial charge < -0.3 is 5.32 Å². The van der Waals surface area contributed by atoms with Crippen LogP contribution < -0.4 is 10.6 Å². The predicted molar refractivity (Wildman–Crippen MR) is 92.5 cm³/mol. The van der Waals surface area contributed by atoms with E-state index in [0.717, 1.165) is 18.2 Å². The lowest BCUT2D eigenvalue weighted by atomic mass is 10.0. The van der Waals surface area contributed by atoms with Gasteiger partial charge in [-0.3, -0.25) is 10.1 Å². The molecule has 2 rings (SSSR count). The predicted octanol–water partition coefficient (Wildman–Crippen LogP) is 5.04. The van der Waals surface area contributed by atoms with E-state index in [1.54, 1.807) is 24.3 Å². The van der Waals surface area contributed by atoms with Crippen molar-refractivity contribution in [2.75, 3.05) is 5.32 Å². The number of halogens is 4. The van der Waals surface area contributed by atoms with E-state index in [-0.39, 0.29) is 16.8 Å². The Kier molecular flexibility index (Phi) is 6.08. The zero-order valence-corrected chi connectivity index (χ0v) is 14.4. The zero-order valence-electron chi connectivity index (χ0n) is 13.7. The molecule has 25 heavy (non-hydrogen) atoms. The Morgan fingerprint density at radius 3 is 2.28 bits per heavy atom. The van der Waals surface area contributed by atoms with Crippen LogP contribution in [0, 0.1) is 0 Å². The van der Waals surface area contributed by atoms with Crippen molar-refractivity contribution in [3.63, 3.8) is 0 Å². The third-order valence-electron chi connectivity index (χ3n) is 3.45. The highest BCUT2D eigenvalue weighted by atomic mass is 35.5. The topological polar surface area (TPSA) is 41.1 Å². The molecule has 2 aromatic carbocycles. The van der Waals surface area contributed by atoms with Crippen LogP contribution in [0.4, 0.5) is 18.9 Å². The Balaban J connectivity index is 2.29. The van der Waals surface area contributed by atoms with Crippen LogP contribution in [0.1, 0.15) is 31.0 Å². The monoisotopic (exact) mass is 370 g/mol. The number of nitrogens with one attached hydrogen (secondary N) is 2. The summed E-state index contributed by atoms with van der Waals surface area (Å²) in [6.45, 7) is 3.75. The fraction of sp³-hybridized carbons (Fsp3) is 0.278. The molecule has 0 unspecified atom stereocenters. The van der Waals surface area contributed by atoms with Gasteiger partial charge in [-0.1, -0.05) is 41.9 Å². The number of hydrogen-bond donors (Lipinski definition) is 2. The summed E-state index contributed by atoms with van der Waals surface area (Å²) in [5.74, 6) is -0.485. The van der Waals surface area contributed by atoms with Crippen LogP contribution in [0.2, 0.25) is 5.02 Å². The molecular formula is C18H18ClF3N2O. The highest BCUT2D eigenvalue weighted by Gasteiger charge is 2.31. The van der Waals surface area contributed by atoms with E-state index in [2.05, 4.69) is 10.6 Å². The minimum Gasteiger partial charge on any atom is -0.323 e. The maximum atomic E-state index is 12.9. The van der Waals surface area contributed by atoms with Crippen LogP contribution in [0.3, 0.4) is 0 Å². The zero-order chi connectivity index (χ0) is 18.6. The van der Waals surface area contributed by atoms with Gasteiger partial charge in [0.2, 0.25) is 5.91 Å². The molecule has 134 valence electrons. The fourth-order valence-corrected chi connectivity index (χ4v) is 2.47. The molecule has 0 saturated carbocycles. The van der Waals surface area contributed by atoms with Crippen LogP contribution >= 0.6 is 11.6 Å². The Morgan fingerprint density at radius 1 is 1.08 bits per heavy atom. The standard InChI is InChI=1S/C18H18ClF3N2O/c1-11(2)23-16(12-6-4-3-5-7-12)17(25)24-15-10-13(18(20,21)22)8-9-14(15)19/h3-11,16,23H,1-2H3,(H,24,25)/t16-/m0/s1. The van der Waals surface area contributed by atoms with E-state index in [1.165, 1.54) is 0 Å². The summed E-state index contributed by atoms with van der Waals surface area (Å²) in [6.07, 6.45) is -4.51. The first-order valence-electron chi connectivity index (χ1n) is 7.67. The number of hydrogen-bond acceptors (Lipinski definition) is 2. The lowest BCUT2D eigenvalue weighted by Crippen LogP contribution is -2.37. The molecule has 1 atom stereocenters. The fourth-order valence-electron chi connectivity index (χ4n) is 2.30. The molecule has 0 aliphatic carbocycles. The maximum Gasteiger partial charge on any atom is 0.416 e. The first kappa shape index (κ1) is 19.3. The highest BCUT2D eigenvalue weighted by Crippen LogP contribution is 2.34. The Hall–Kier alpha value is -2.05. The minimum absolute atomic E-state index is 0.00654. The quantitative estimate of drug-likeness (QED) is 0.774. The third-order valence-corrected chi connectivity index (χ3v) is 3.78. The average Bonchev–Trinajstić information content (AvgIpc) is 2.54. The van der Waals surface area contributed by atoms with Gasteiger partial charge in [-0.15, -0.1) is 0 Å². The van der Waals surface area contributed by atoms with Crippen LogP contribution in [0.15, 0.2) is 48.5 Å². The van der Waals surface area contributed by atoms with Crippen molar-refractivity contribution in [3.05, 3.63) is 64.7 Å². The SMILES string of the molecule is CC(C)N[C@H](C(=O)Nc1cc(C(F)(F)F)ccc1Cl)c1ccccc1. The van der Waals surface area contributed by atoms with E-state index < -0.39 is 23.7 Å². The second-order valence-electron chi connectivity index (χ2n) is 5.85. The molecule has 1 amide bonds. The van der Waals surface area contributed by atoms with Gasteiger partial charge in [-0.25, -0.2) is 0 Å². The molecular weight excluding hydrogens is 353 g/mol. The summed E-state index contributed by atoms with van der Waals surface area (Å²) in [5.41, 5.74) is -0.245. The van der Waals surface area contributed by atoms with E-state index in [4.69, 9.17) is 11.6 Å². The molecule has 0 saturated heterocycles. The molecule has 0 spiro atoms. The average molecular weight is 371 g/mol. The molecule has 7 heteroatoms. The first-order valence-corrected chi connectivity index (χ1v) is 8.05. The maximum absolute atomic E-state index is 12.9. The summed E-state index contributed by atoms with van der Waals surface area (Å²) in [6, 6.07) is 11.0. The minimum atomic E-state index is -4.51. The van der Waals surface area contributed by atoms with Gasteiger partial charge in [0, 0.05) is 6.04 Å². The molecule has 0 radical (unpaired) electrons. The lowest BCUT2D eigenvalue weighted by molar-refractivity contribution is -0.137. The second-order valence-corrected chi connectivity index (χ2v) is 6.25. The summed E-state index contributed by atoms with van der Waals surface area (Å²) in [7, 11) is 0. The van der Waals surface area contributed by atoms with E-state index >= 15 is 0 Å². The van der Waals surface area contributed by atoms with Gasteiger partial charge >= 0.3 is 6.18 Å². The van der Waals surface area contributed by atoms with Crippen molar-refractivity contribution in [3.8, 4) is 0 Å². The smallest absolute Gasteiger partial charge is 0.323 e. The van der Waals surface area contributed by atoms with E-state index in [0.29, 0.717) is 5.56 Å².